The van der Waals surface area contributed by atoms with Gasteiger partial charge in [0, 0.05) is 12.6 Å². The molecule has 0 aliphatic heterocycles. The van der Waals surface area contributed by atoms with Crippen molar-refractivity contribution in [3.63, 3.8) is 0 Å². The predicted molar refractivity (Wildman–Crippen MR) is 87.8 cm³/mol. The maximum absolute atomic E-state index is 12.3. The number of carbonyl (C=O) groups is 2. The van der Waals surface area contributed by atoms with E-state index >= 15 is 0 Å². The minimum atomic E-state index is -0.421. The number of rotatable bonds is 4. The lowest BCUT2D eigenvalue weighted by Gasteiger charge is -2.10. The van der Waals surface area contributed by atoms with Gasteiger partial charge in [0.05, 0.1) is 11.9 Å². The molecule has 0 saturated heterocycles. The number of hydrogen-bond donors (Lipinski definition) is 1. The molecule has 8 nitrogen and oxygen atoms in total. The Kier molecular flexibility index (Phi) is 3.95. The summed E-state index contributed by atoms with van der Waals surface area (Å²) in [4.78, 5) is 40.3. The lowest BCUT2D eigenvalue weighted by molar-refractivity contribution is -0.116. The third kappa shape index (κ3) is 2.81. The number of aromatic nitrogens is 4. The van der Waals surface area contributed by atoms with Crippen LogP contribution in [0.15, 0.2) is 41.6 Å². The first-order valence-corrected chi connectivity index (χ1v) is 7.24. The largest absolute Gasteiger partial charge is 0.324 e. The van der Waals surface area contributed by atoms with Gasteiger partial charge in [-0.25, -0.2) is 4.98 Å². The highest BCUT2D eigenvalue weighted by molar-refractivity contribution is 6.03. The van der Waals surface area contributed by atoms with E-state index in [1.54, 1.807) is 31.3 Å². The first-order chi connectivity index (χ1) is 11.5. The van der Waals surface area contributed by atoms with Crippen molar-refractivity contribution in [2.24, 2.45) is 7.05 Å². The van der Waals surface area contributed by atoms with Gasteiger partial charge in [-0.05, 0) is 19.1 Å². The van der Waals surface area contributed by atoms with Gasteiger partial charge >= 0.3 is 0 Å². The predicted octanol–water partition coefficient (Wildman–Crippen LogP) is 0.971. The van der Waals surface area contributed by atoms with Crippen molar-refractivity contribution in [2.75, 3.05) is 5.32 Å². The zero-order valence-corrected chi connectivity index (χ0v) is 13.2. The van der Waals surface area contributed by atoms with E-state index in [9.17, 15) is 14.4 Å². The van der Waals surface area contributed by atoms with Crippen LogP contribution < -0.4 is 10.9 Å². The minimum Gasteiger partial charge on any atom is -0.324 e. The fourth-order valence-corrected chi connectivity index (χ4v) is 2.42. The Morgan fingerprint density at radius 1 is 1.25 bits per heavy atom. The molecule has 0 spiro atoms. The van der Waals surface area contributed by atoms with Gasteiger partial charge in [0.25, 0.3) is 5.56 Å². The number of benzene rings is 1. The van der Waals surface area contributed by atoms with E-state index in [-0.39, 0.29) is 17.9 Å². The van der Waals surface area contributed by atoms with Gasteiger partial charge in [-0.1, -0.05) is 12.1 Å². The second-order valence-electron chi connectivity index (χ2n) is 5.33. The van der Waals surface area contributed by atoms with Crippen LogP contribution in [0.3, 0.4) is 0 Å². The van der Waals surface area contributed by atoms with Crippen LogP contribution in [0.5, 0.6) is 0 Å². The first-order valence-electron chi connectivity index (χ1n) is 7.24. The second kappa shape index (κ2) is 6.07. The molecule has 0 radical (unpaired) electrons. The van der Waals surface area contributed by atoms with Gasteiger partial charge in [-0.15, -0.1) is 0 Å². The number of anilines is 1. The Bertz CT molecular complexity index is 1000. The third-order valence-electron chi connectivity index (χ3n) is 3.61. The van der Waals surface area contributed by atoms with Crippen molar-refractivity contribution in [3.8, 4) is 0 Å². The molecule has 2 heterocycles. The van der Waals surface area contributed by atoms with Crippen LogP contribution in [0.1, 0.15) is 17.3 Å². The van der Waals surface area contributed by atoms with Crippen molar-refractivity contribution in [1.82, 2.24) is 19.3 Å². The Balaban J connectivity index is 1.85. The fraction of sp³-hybridized carbons (Fsp3) is 0.188. The van der Waals surface area contributed by atoms with Crippen molar-refractivity contribution < 1.29 is 9.59 Å². The average molecular weight is 325 g/mol. The quantitative estimate of drug-likeness (QED) is 0.721. The number of para-hydroxylation sites is 1. The fourth-order valence-electron chi connectivity index (χ4n) is 2.42. The molecule has 0 saturated carbocycles. The second-order valence-corrected chi connectivity index (χ2v) is 5.33. The van der Waals surface area contributed by atoms with Gasteiger partial charge in [0.15, 0.2) is 11.4 Å². The van der Waals surface area contributed by atoms with E-state index < -0.39 is 5.91 Å². The molecule has 0 atom stereocenters. The number of ketones is 1. The molecule has 8 heteroatoms. The summed E-state index contributed by atoms with van der Waals surface area (Å²) in [6, 6.07) is 6.71. The van der Waals surface area contributed by atoms with Crippen molar-refractivity contribution in [2.45, 2.75) is 13.5 Å². The van der Waals surface area contributed by atoms with Crippen LogP contribution in [-0.4, -0.2) is 31.0 Å². The highest BCUT2D eigenvalue weighted by Gasteiger charge is 2.13. The molecule has 1 amide bonds. The molecule has 1 N–H and O–H groups in total. The third-order valence-corrected chi connectivity index (χ3v) is 3.61. The van der Waals surface area contributed by atoms with Gasteiger partial charge in [0.2, 0.25) is 5.91 Å². The summed E-state index contributed by atoms with van der Waals surface area (Å²) < 4.78 is 2.69. The number of nitrogens with zero attached hydrogens (tertiary/aromatic N) is 4. The van der Waals surface area contributed by atoms with Crippen LogP contribution in [0, 0.1) is 0 Å². The summed E-state index contributed by atoms with van der Waals surface area (Å²) >= 11 is 0. The molecular formula is C16H15N5O3. The van der Waals surface area contributed by atoms with E-state index in [4.69, 9.17) is 0 Å². The molecule has 0 bridgehead atoms. The number of aryl methyl sites for hydroxylation is 1. The number of fused-ring (bicyclic) bond motifs is 1. The monoisotopic (exact) mass is 325 g/mol. The summed E-state index contributed by atoms with van der Waals surface area (Å²) in [6.45, 7) is 1.22. The average Bonchev–Trinajstić information content (AvgIpc) is 2.92. The lowest BCUT2D eigenvalue weighted by atomic mass is 10.1. The van der Waals surface area contributed by atoms with Gasteiger partial charge in [-0.2, -0.15) is 5.10 Å². The molecule has 0 aliphatic rings. The lowest BCUT2D eigenvalue weighted by Crippen LogP contribution is -2.28. The van der Waals surface area contributed by atoms with Crippen LogP contribution in [0.4, 0.5) is 5.69 Å². The highest BCUT2D eigenvalue weighted by Crippen LogP contribution is 2.15. The SMILES string of the molecule is CC(=O)c1ccccc1NC(=O)Cn1cnc2c(cnn2C)c1=O. The molecule has 0 fully saturated rings. The summed E-state index contributed by atoms with van der Waals surface area (Å²) in [5, 5.41) is 6.98. The Hall–Kier alpha value is -3.29. The number of Topliss-reactive ketones (excluding diaryl/α,β-unsaturated/α-hetero) is 1. The summed E-state index contributed by atoms with van der Waals surface area (Å²) in [6.07, 6.45) is 2.73. The van der Waals surface area contributed by atoms with Crippen molar-refractivity contribution in [1.29, 1.82) is 0 Å². The van der Waals surface area contributed by atoms with Gasteiger partial charge in [-0.3, -0.25) is 23.6 Å². The zero-order chi connectivity index (χ0) is 17.3. The van der Waals surface area contributed by atoms with Crippen molar-refractivity contribution >= 4 is 28.4 Å². The zero-order valence-electron chi connectivity index (χ0n) is 13.2. The molecule has 3 rings (SSSR count). The summed E-state index contributed by atoms with van der Waals surface area (Å²) in [7, 11) is 1.69. The molecule has 24 heavy (non-hydrogen) atoms. The molecule has 0 unspecified atom stereocenters. The van der Waals surface area contributed by atoms with Crippen LogP contribution in [0.25, 0.3) is 11.0 Å². The van der Waals surface area contributed by atoms with E-state index in [2.05, 4.69) is 15.4 Å². The van der Waals surface area contributed by atoms with Crippen LogP contribution in [0.2, 0.25) is 0 Å². The Morgan fingerprint density at radius 3 is 2.75 bits per heavy atom. The number of carbonyl (C=O) groups excluding carboxylic acids is 2. The maximum Gasteiger partial charge on any atom is 0.264 e. The van der Waals surface area contributed by atoms with E-state index in [0.29, 0.717) is 22.3 Å². The van der Waals surface area contributed by atoms with Crippen molar-refractivity contribution in [3.05, 3.63) is 52.7 Å². The smallest absolute Gasteiger partial charge is 0.264 e. The van der Waals surface area contributed by atoms with Gasteiger partial charge in [0.1, 0.15) is 18.3 Å². The van der Waals surface area contributed by atoms with Gasteiger partial charge < -0.3 is 5.32 Å². The number of amides is 1. The first kappa shape index (κ1) is 15.6. The van der Waals surface area contributed by atoms with Crippen LogP contribution in [-0.2, 0) is 18.4 Å². The van der Waals surface area contributed by atoms with E-state index in [1.807, 2.05) is 0 Å². The number of hydrogen-bond acceptors (Lipinski definition) is 5. The topological polar surface area (TPSA) is 98.9 Å². The molecule has 0 aliphatic carbocycles. The molecule has 3 aromatic rings. The van der Waals surface area contributed by atoms with E-state index in [1.165, 1.54) is 28.7 Å². The van der Waals surface area contributed by atoms with E-state index in [0.717, 1.165) is 0 Å². The molecule has 1 aromatic carbocycles. The maximum atomic E-state index is 12.3. The molecule has 2 aromatic heterocycles. The highest BCUT2D eigenvalue weighted by atomic mass is 16.2. The standard InChI is InChI=1S/C16H15N5O3/c1-10(22)11-5-3-4-6-13(11)19-14(23)8-21-9-17-15-12(16(21)24)7-18-20(15)2/h3-7,9H,8H2,1-2H3,(H,19,23). The molecular weight excluding hydrogens is 310 g/mol. The Morgan fingerprint density at radius 2 is 2.00 bits per heavy atom. The number of nitrogens with one attached hydrogen (secondary N) is 1. The Labute approximate surface area is 136 Å². The van der Waals surface area contributed by atoms with Crippen LogP contribution >= 0.6 is 0 Å². The normalized spacial score (nSPS) is 10.8. The molecule has 122 valence electrons. The minimum absolute atomic E-state index is 0.151. The summed E-state index contributed by atoms with van der Waals surface area (Å²) in [5.74, 6) is -0.572. The summed E-state index contributed by atoms with van der Waals surface area (Å²) in [5.41, 5.74) is 0.944.